The van der Waals surface area contributed by atoms with E-state index in [0.717, 1.165) is 22.3 Å². The van der Waals surface area contributed by atoms with Gasteiger partial charge < -0.3 is 14.5 Å². The maximum atomic E-state index is 13.2. The summed E-state index contributed by atoms with van der Waals surface area (Å²) in [7, 11) is 0. The molecule has 1 aromatic carbocycles. The molecular weight excluding hydrogens is 412 g/mol. The molecule has 2 atom stereocenters. The zero-order chi connectivity index (χ0) is 23.3. The molecule has 1 aromatic heterocycles. The number of imide groups is 1. The number of ether oxygens (including phenoxy) is 1. The number of amides is 3. The Kier molecular flexibility index (Phi) is 5.35. The Morgan fingerprint density at radius 2 is 1.97 bits per heavy atom. The molecule has 1 spiro atoms. The van der Waals surface area contributed by atoms with E-state index in [2.05, 4.69) is 26.1 Å². The van der Waals surface area contributed by atoms with E-state index in [4.69, 9.17) is 9.15 Å². The molecule has 8 heteroatoms. The number of hydrogen-bond acceptors (Lipinski definition) is 6. The highest BCUT2D eigenvalue weighted by molar-refractivity contribution is 6.09. The van der Waals surface area contributed by atoms with Crippen molar-refractivity contribution in [1.82, 2.24) is 10.2 Å². The molecule has 170 valence electrons. The predicted octanol–water partition coefficient (Wildman–Crippen LogP) is 3.40. The standard InChI is InChI=1S/C24H28N2O6/c1-5-15-8-19(27)32-18-9-16(6-7-17(15)18)31-20(28)12-26-21(29)24(25-22(26)30)11-14(2)10-23(3,4)13-24/h6-9,14H,5,10-13H2,1-4H3,(H,25,30)/t14-,24+/m1/s1. The lowest BCUT2D eigenvalue weighted by Crippen LogP contribution is -2.54. The van der Waals surface area contributed by atoms with Gasteiger partial charge in [0.15, 0.2) is 0 Å². The minimum absolute atomic E-state index is 0.0938. The second kappa shape index (κ2) is 7.76. The number of esters is 1. The van der Waals surface area contributed by atoms with Crippen LogP contribution in [-0.2, 0) is 16.0 Å². The summed E-state index contributed by atoms with van der Waals surface area (Å²) in [5, 5.41) is 3.61. The van der Waals surface area contributed by atoms with Gasteiger partial charge in [-0.25, -0.2) is 14.4 Å². The van der Waals surface area contributed by atoms with Gasteiger partial charge >= 0.3 is 17.6 Å². The number of urea groups is 1. The number of benzene rings is 1. The van der Waals surface area contributed by atoms with Crippen LogP contribution in [0.15, 0.2) is 33.5 Å². The average Bonchev–Trinajstić information content (AvgIpc) is 2.88. The van der Waals surface area contributed by atoms with E-state index in [-0.39, 0.29) is 23.0 Å². The molecule has 0 bridgehead atoms. The Morgan fingerprint density at radius 3 is 2.66 bits per heavy atom. The maximum Gasteiger partial charge on any atom is 0.336 e. The Bertz CT molecular complexity index is 1170. The van der Waals surface area contributed by atoms with E-state index < -0.39 is 29.7 Å². The number of hydrogen-bond donors (Lipinski definition) is 1. The fraction of sp³-hybridized carbons (Fsp3) is 0.500. The zero-order valence-electron chi connectivity index (χ0n) is 18.8. The monoisotopic (exact) mass is 440 g/mol. The molecule has 2 aliphatic rings. The van der Waals surface area contributed by atoms with Crippen LogP contribution in [0, 0.1) is 11.3 Å². The van der Waals surface area contributed by atoms with Gasteiger partial charge in [0.2, 0.25) is 0 Å². The van der Waals surface area contributed by atoms with E-state index >= 15 is 0 Å². The van der Waals surface area contributed by atoms with Crippen molar-refractivity contribution in [3.05, 3.63) is 40.2 Å². The van der Waals surface area contributed by atoms with Crippen LogP contribution in [0.2, 0.25) is 0 Å². The van der Waals surface area contributed by atoms with Crippen molar-refractivity contribution in [2.24, 2.45) is 11.3 Å². The van der Waals surface area contributed by atoms with Crippen molar-refractivity contribution in [1.29, 1.82) is 0 Å². The molecule has 0 radical (unpaired) electrons. The first-order valence-corrected chi connectivity index (χ1v) is 10.9. The number of fused-ring (bicyclic) bond motifs is 1. The number of aryl methyl sites for hydroxylation is 1. The largest absolute Gasteiger partial charge is 0.425 e. The number of rotatable bonds is 4. The van der Waals surface area contributed by atoms with Gasteiger partial charge in [-0.3, -0.25) is 9.69 Å². The molecule has 32 heavy (non-hydrogen) atoms. The average molecular weight is 440 g/mol. The van der Waals surface area contributed by atoms with E-state index in [1.807, 2.05) is 6.92 Å². The molecule has 1 aliphatic heterocycles. The minimum atomic E-state index is -0.971. The number of nitrogens with one attached hydrogen (secondary N) is 1. The van der Waals surface area contributed by atoms with Crippen LogP contribution < -0.4 is 15.7 Å². The van der Waals surface area contributed by atoms with Crippen LogP contribution in [0.4, 0.5) is 4.79 Å². The summed E-state index contributed by atoms with van der Waals surface area (Å²) >= 11 is 0. The first kappa shape index (κ1) is 22.0. The Morgan fingerprint density at radius 1 is 1.22 bits per heavy atom. The fourth-order valence-electron chi connectivity index (χ4n) is 5.51. The SMILES string of the molecule is CCc1cc(=O)oc2cc(OC(=O)CN3C(=O)N[C@]4(C[C@H](C)CC(C)(C)C4)C3=O)ccc12. The van der Waals surface area contributed by atoms with Crippen molar-refractivity contribution in [3.8, 4) is 5.75 Å². The topological polar surface area (TPSA) is 106 Å². The molecule has 8 nitrogen and oxygen atoms in total. The fourth-order valence-corrected chi connectivity index (χ4v) is 5.51. The van der Waals surface area contributed by atoms with Crippen LogP contribution in [-0.4, -0.2) is 34.9 Å². The smallest absolute Gasteiger partial charge is 0.336 e. The van der Waals surface area contributed by atoms with Crippen LogP contribution >= 0.6 is 0 Å². The van der Waals surface area contributed by atoms with Crippen molar-refractivity contribution in [2.75, 3.05) is 6.54 Å². The minimum Gasteiger partial charge on any atom is -0.425 e. The Labute approximate surface area is 185 Å². The summed E-state index contributed by atoms with van der Waals surface area (Å²) in [4.78, 5) is 51.0. The number of carbonyl (C=O) groups excluding carboxylic acids is 3. The Balaban J connectivity index is 1.50. The summed E-state index contributed by atoms with van der Waals surface area (Å²) in [6, 6.07) is 5.64. The van der Waals surface area contributed by atoms with E-state index in [9.17, 15) is 19.2 Å². The molecule has 4 rings (SSSR count). The third-order valence-electron chi connectivity index (χ3n) is 6.33. The summed E-state index contributed by atoms with van der Waals surface area (Å²) in [5.41, 5.74) is -0.396. The lowest BCUT2D eigenvalue weighted by Gasteiger charge is -2.43. The molecular formula is C24H28N2O6. The molecule has 1 N–H and O–H groups in total. The lowest BCUT2D eigenvalue weighted by molar-refractivity contribution is -0.142. The second-order valence-electron chi connectivity index (χ2n) is 9.83. The van der Waals surface area contributed by atoms with E-state index in [1.54, 1.807) is 12.1 Å². The highest BCUT2D eigenvalue weighted by atomic mass is 16.5. The molecule has 2 heterocycles. The van der Waals surface area contributed by atoms with Crippen molar-refractivity contribution >= 4 is 28.9 Å². The van der Waals surface area contributed by atoms with Crippen LogP contribution in [0.3, 0.4) is 0 Å². The molecule has 0 unspecified atom stereocenters. The normalized spacial score (nSPS) is 24.8. The first-order chi connectivity index (χ1) is 15.0. The van der Waals surface area contributed by atoms with Crippen molar-refractivity contribution in [3.63, 3.8) is 0 Å². The summed E-state index contributed by atoms with van der Waals surface area (Å²) in [5.74, 6) is -0.679. The Hall–Kier alpha value is -3.16. The molecule has 2 aromatic rings. The quantitative estimate of drug-likeness (QED) is 0.338. The van der Waals surface area contributed by atoms with Crippen LogP contribution in [0.1, 0.15) is 52.5 Å². The van der Waals surface area contributed by atoms with Gasteiger partial charge in [0.05, 0.1) is 0 Å². The van der Waals surface area contributed by atoms with Crippen molar-refractivity contribution < 1.29 is 23.5 Å². The van der Waals surface area contributed by atoms with E-state index in [1.165, 1.54) is 12.1 Å². The lowest BCUT2D eigenvalue weighted by atomic mass is 9.64. The van der Waals surface area contributed by atoms with Gasteiger partial charge in [0.25, 0.3) is 5.91 Å². The van der Waals surface area contributed by atoms with Gasteiger partial charge in [-0.05, 0) is 54.7 Å². The molecule has 1 saturated carbocycles. The van der Waals surface area contributed by atoms with Crippen molar-refractivity contribution in [2.45, 2.75) is 58.9 Å². The van der Waals surface area contributed by atoms with Gasteiger partial charge in [-0.1, -0.05) is 27.7 Å². The molecule has 1 saturated heterocycles. The molecule has 3 amide bonds. The highest BCUT2D eigenvalue weighted by Gasteiger charge is 2.56. The first-order valence-electron chi connectivity index (χ1n) is 10.9. The van der Waals surface area contributed by atoms with Gasteiger partial charge in [0, 0.05) is 17.5 Å². The third kappa shape index (κ3) is 4.01. The van der Waals surface area contributed by atoms with Gasteiger partial charge in [-0.15, -0.1) is 0 Å². The van der Waals surface area contributed by atoms with Crippen LogP contribution in [0.5, 0.6) is 5.75 Å². The second-order valence-corrected chi connectivity index (χ2v) is 9.83. The van der Waals surface area contributed by atoms with Crippen LogP contribution in [0.25, 0.3) is 11.0 Å². The molecule has 2 fully saturated rings. The summed E-state index contributed by atoms with van der Waals surface area (Å²) in [6.45, 7) is 7.69. The number of nitrogens with zero attached hydrogens (tertiary/aromatic N) is 1. The highest BCUT2D eigenvalue weighted by Crippen LogP contribution is 2.46. The third-order valence-corrected chi connectivity index (χ3v) is 6.33. The predicted molar refractivity (Wildman–Crippen MR) is 117 cm³/mol. The van der Waals surface area contributed by atoms with Gasteiger partial charge in [-0.2, -0.15) is 0 Å². The molecule has 1 aliphatic carbocycles. The number of carbonyl (C=O) groups is 3. The van der Waals surface area contributed by atoms with E-state index in [0.29, 0.717) is 24.8 Å². The van der Waals surface area contributed by atoms with Gasteiger partial charge in [0.1, 0.15) is 23.4 Å². The summed E-state index contributed by atoms with van der Waals surface area (Å²) in [6.07, 6.45) is 2.71. The summed E-state index contributed by atoms with van der Waals surface area (Å²) < 4.78 is 10.6. The zero-order valence-corrected chi connectivity index (χ0v) is 18.8. The maximum absolute atomic E-state index is 13.2.